The van der Waals surface area contributed by atoms with Crippen molar-refractivity contribution in [1.82, 2.24) is 9.88 Å². The summed E-state index contributed by atoms with van der Waals surface area (Å²) in [5, 5.41) is 1.94. The monoisotopic (exact) mass is 406 g/mol. The smallest absolute Gasteiger partial charge is 0.253 e. The van der Waals surface area contributed by atoms with Crippen molar-refractivity contribution in [3.8, 4) is 5.75 Å². The normalized spacial score (nSPS) is 14.6. The number of carbonyl (C=O) groups is 2. The molecular formula is C23H22N2O3S. The summed E-state index contributed by atoms with van der Waals surface area (Å²) in [7, 11) is 0. The summed E-state index contributed by atoms with van der Waals surface area (Å²) in [5.41, 5.74) is 4.00. The third kappa shape index (κ3) is 4.71. The van der Waals surface area contributed by atoms with Crippen molar-refractivity contribution < 1.29 is 14.3 Å². The number of nitrogens with zero attached hydrogens (tertiary/aromatic N) is 2. The minimum absolute atomic E-state index is 0.0188. The molecule has 1 amide bonds. The van der Waals surface area contributed by atoms with Crippen LogP contribution in [0.5, 0.6) is 5.75 Å². The van der Waals surface area contributed by atoms with Gasteiger partial charge in [0.2, 0.25) is 0 Å². The molecule has 0 unspecified atom stereocenters. The average molecular weight is 407 g/mol. The van der Waals surface area contributed by atoms with Gasteiger partial charge in [0, 0.05) is 35.5 Å². The summed E-state index contributed by atoms with van der Waals surface area (Å²) >= 11 is 1.53. The largest absolute Gasteiger partial charge is 0.487 e. The lowest BCUT2D eigenvalue weighted by molar-refractivity contribution is 0.0650. The first kappa shape index (κ1) is 19.3. The minimum Gasteiger partial charge on any atom is -0.487 e. The number of ether oxygens (including phenoxy) is 1. The lowest BCUT2D eigenvalue weighted by Gasteiger charge is -2.31. The van der Waals surface area contributed by atoms with Crippen LogP contribution in [0.15, 0.2) is 65.5 Å². The van der Waals surface area contributed by atoms with E-state index in [1.165, 1.54) is 11.3 Å². The number of carbonyl (C=O) groups excluding carboxylic acids is 2. The SMILES string of the molecule is O=C(c1ccccc1)C1CCN(C(=O)c2cccc(OCc3cscn3)c2)CC1. The first-order valence-corrected chi connectivity index (χ1v) is 10.6. The quantitative estimate of drug-likeness (QED) is 0.567. The number of amides is 1. The summed E-state index contributed by atoms with van der Waals surface area (Å²) in [4.78, 5) is 31.6. The molecule has 2 aromatic carbocycles. The van der Waals surface area contributed by atoms with Crippen LogP contribution in [0.3, 0.4) is 0 Å². The summed E-state index contributed by atoms with van der Waals surface area (Å²) in [6, 6.07) is 16.6. The Bertz CT molecular complexity index is 965. The van der Waals surface area contributed by atoms with Gasteiger partial charge in [-0.2, -0.15) is 0 Å². The Hall–Kier alpha value is -2.99. The zero-order valence-corrected chi connectivity index (χ0v) is 16.8. The van der Waals surface area contributed by atoms with Crippen molar-refractivity contribution in [2.75, 3.05) is 13.1 Å². The standard InChI is InChI=1S/C23H22N2O3S/c26-22(17-5-2-1-3-6-17)18-9-11-25(12-10-18)23(27)19-7-4-8-21(13-19)28-14-20-15-29-16-24-20/h1-8,13,15-16,18H,9-12,14H2. The van der Waals surface area contributed by atoms with E-state index in [9.17, 15) is 9.59 Å². The molecule has 5 nitrogen and oxygen atoms in total. The lowest BCUT2D eigenvalue weighted by atomic mass is 9.88. The first-order chi connectivity index (χ1) is 14.2. The third-order valence-electron chi connectivity index (χ3n) is 5.16. The van der Waals surface area contributed by atoms with Crippen LogP contribution in [0.2, 0.25) is 0 Å². The minimum atomic E-state index is -0.0192. The number of likely N-dealkylation sites (tertiary alicyclic amines) is 1. The molecular weight excluding hydrogens is 384 g/mol. The van der Waals surface area contributed by atoms with Crippen molar-refractivity contribution in [2.45, 2.75) is 19.4 Å². The second-order valence-electron chi connectivity index (χ2n) is 7.09. The number of benzene rings is 2. The number of piperidine rings is 1. The molecule has 1 aromatic heterocycles. The van der Waals surface area contributed by atoms with E-state index < -0.39 is 0 Å². The molecule has 0 radical (unpaired) electrons. The zero-order valence-electron chi connectivity index (χ0n) is 16.0. The van der Waals surface area contributed by atoms with Gasteiger partial charge in [0.05, 0.1) is 11.2 Å². The molecule has 29 heavy (non-hydrogen) atoms. The summed E-state index contributed by atoms with van der Waals surface area (Å²) in [6.07, 6.45) is 1.39. The van der Waals surface area contributed by atoms with Crippen molar-refractivity contribution >= 4 is 23.0 Å². The van der Waals surface area contributed by atoms with Crippen LogP contribution in [0.4, 0.5) is 0 Å². The van der Waals surface area contributed by atoms with Crippen molar-refractivity contribution in [3.63, 3.8) is 0 Å². The van der Waals surface area contributed by atoms with E-state index in [0.717, 1.165) is 11.3 Å². The molecule has 0 spiro atoms. The molecule has 0 atom stereocenters. The first-order valence-electron chi connectivity index (χ1n) is 9.69. The molecule has 1 aliphatic rings. The summed E-state index contributed by atoms with van der Waals surface area (Å²) < 4.78 is 5.75. The number of hydrogen-bond donors (Lipinski definition) is 0. The van der Waals surface area contributed by atoms with E-state index in [0.29, 0.717) is 43.9 Å². The highest BCUT2D eigenvalue weighted by atomic mass is 32.1. The van der Waals surface area contributed by atoms with Crippen molar-refractivity contribution in [1.29, 1.82) is 0 Å². The topological polar surface area (TPSA) is 59.5 Å². The number of thiazole rings is 1. The fourth-order valence-corrected chi connectivity index (χ4v) is 4.09. The third-order valence-corrected chi connectivity index (χ3v) is 5.80. The van der Waals surface area contributed by atoms with E-state index in [1.54, 1.807) is 17.6 Å². The fourth-order valence-electron chi connectivity index (χ4n) is 3.55. The highest BCUT2D eigenvalue weighted by Crippen LogP contribution is 2.24. The molecule has 0 saturated carbocycles. The van der Waals surface area contributed by atoms with Gasteiger partial charge in [0.25, 0.3) is 5.91 Å². The average Bonchev–Trinajstić information content (AvgIpc) is 3.31. The second-order valence-corrected chi connectivity index (χ2v) is 7.81. The number of aromatic nitrogens is 1. The van der Waals surface area contributed by atoms with Crippen LogP contribution < -0.4 is 4.74 Å². The maximum atomic E-state index is 12.9. The van der Waals surface area contributed by atoms with Gasteiger partial charge < -0.3 is 9.64 Å². The predicted molar refractivity (Wildman–Crippen MR) is 112 cm³/mol. The molecule has 4 rings (SSSR count). The molecule has 2 heterocycles. The van der Waals surface area contributed by atoms with E-state index in [-0.39, 0.29) is 17.6 Å². The highest BCUT2D eigenvalue weighted by Gasteiger charge is 2.28. The molecule has 1 saturated heterocycles. The molecule has 0 bridgehead atoms. The van der Waals surface area contributed by atoms with Crippen LogP contribution in [0.25, 0.3) is 0 Å². The van der Waals surface area contributed by atoms with E-state index in [1.807, 2.05) is 52.7 Å². The molecule has 3 aromatic rings. The van der Waals surface area contributed by atoms with Gasteiger partial charge >= 0.3 is 0 Å². The Morgan fingerprint density at radius 1 is 1.03 bits per heavy atom. The van der Waals surface area contributed by atoms with Gasteiger partial charge in [0.1, 0.15) is 12.4 Å². The van der Waals surface area contributed by atoms with Crippen LogP contribution in [0.1, 0.15) is 39.3 Å². The second kappa shape index (κ2) is 9.01. The maximum Gasteiger partial charge on any atom is 0.253 e. The zero-order chi connectivity index (χ0) is 20.1. The molecule has 1 aliphatic heterocycles. The highest BCUT2D eigenvalue weighted by molar-refractivity contribution is 7.07. The Morgan fingerprint density at radius 3 is 2.52 bits per heavy atom. The summed E-state index contributed by atoms with van der Waals surface area (Å²) in [5.74, 6) is 0.789. The Morgan fingerprint density at radius 2 is 1.79 bits per heavy atom. The Balaban J connectivity index is 1.34. The lowest BCUT2D eigenvalue weighted by Crippen LogP contribution is -2.40. The predicted octanol–water partition coefficient (Wildman–Crippen LogP) is 4.46. The molecule has 6 heteroatoms. The van der Waals surface area contributed by atoms with Crippen LogP contribution in [-0.4, -0.2) is 34.7 Å². The van der Waals surface area contributed by atoms with Crippen LogP contribution in [0, 0.1) is 5.92 Å². The van der Waals surface area contributed by atoms with E-state index in [2.05, 4.69) is 4.98 Å². The van der Waals surface area contributed by atoms with Gasteiger partial charge in [0.15, 0.2) is 5.78 Å². The Kier molecular flexibility index (Phi) is 6.00. The number of rotatable bonds is 6. The Labute approximate surface area is 174 Å². The fraction of sp³-hybridized carbons (Fsp3) is 0.261. The number of ketones is 1. The van der Waals surface area contributed by atoms with Gasteiger partial charge in [-0.3, -0.25) is 9.59 Å². The van der Waals surface area contributed by atoms with E-state index >= 15 is 0 Å². The maximum absolute atomic E-state index is 12.9. The number of Topliss-reactive ketones (excluding diaryl/α,β-unsaturated/α-hetero) is 1. The molecule has 1 fully saturated rings. The van der Waals surface area contributed by atoms with Crippen LogP contribution >= 0.6 is 11.3 Å². The van der Waals surface area contributed by atoms with Gasteiger partial charge in [-0.1, -0.05) is 36.4 Å². The van der Waals surface area contributed by atoms with Gasteiger partial charge in [-0.15, -0.1) is 11.3 Å². The molecule has 148 valence electrons. The van der Waals surface area contributed by atoms with E-state index in [4.69, 9.17) is 4.74 Å². The number of hydrogen-bond acceptors (Lipinski definition) is 5. The molecule has 0 aliphatic carbocycles. The van der Waals surface area contributed by atoms with Crippen LogP contribution in [-0.2, 0) is 6.61 Å². The van der Waals surface area contributed by atoms with Gasteiger partial charge in [-0.05, 0) is 31.0 Å². The van der Waals surface area contributed by atoms with Gasteiger partial charge in [-0.25, -0.2) is 4.98 Å². The van der Waals surface area contributed by atoms with Crippen molar-refractivity contribution in [3.05, 3.63) is 82.3 Å². The van der Waals surface area contributed by atoms with Crippen molar-refractivity contribution in [2.24, 2.45) is 5.92 Å². The summed E-state index contributed by atoms with van der Waals surface area (Å²) in [6.45, 7) is 1.56. The molecule has 0 N–H and O–H groups in total.